The van der Waals surface area contributed by atoms with E-state index in [9.17, 15) is 0 Å². The monoisotopic (exact) mass is 254 g/mol. The molecule has 1 aliphatic rings. The first-order chi connectivity index (χ1) is 9.13. The number of nitrogens with zero attached hydrogens (tertiary/aromatic N) is 1. The van der Waals surface area contributed by atoms with E-state index in [4.69, 9.17) is 10.5 Å². The van der Waals surface area contributed by atoms with Crippen molar-refractivity contribution in [3.05, 3.63) is 46.6 Å². The van der Waals surface area contributed by atoms with E-state index in [-0.39, 0.29) is 0 Å². The molecule has 3 nitrogen and oxygen atoms in total. The summed E-state index contributed by atoms with van der Waals surface area (Å²) in [5.41, 5.74) is 11.3. The highest BCUT2D eigenvalue weighted by molar-refractivity contribution is 5.54. The van der Waals surface area contributed by atoms with Crippen molar-refractivity contribution in [3.8, 4) is 11.6 Å². The Kier molecular flexibility index (Phi) is 2.90. The minimum absolute atomic E-state index is 0.674. The van der Waals surface area contributed by atoms with Crippen molar-refractivity contribution in [2.75, 3.05) is 5.73 Å². The standard InChI is InChI=1S/C16H18N2O/c1-10-9-15(11(2)8-13(10)17)19-16-7-6-12-4-3-5-14(12)18-16/h6-9H,3-5,17H2,1-2H3. The topological polar surface area (TPSA) is 48.1 Å². The number of pyridine rings is 1. The average molecular weight is 254 g/mol. The third-order valence-electron chi connectivity index (χ3n) is 3.68. The maximum Gasteiger partial charge on any atom is 0.219 e. The van der Waals surface area contributed by atoms with Crippen LogP contribution in [0.1, 0.15) is 28.8 Å². The number of aryl methyl sites for hydroxylation is 4. The number of nitrogen functional groups attached to an aromatic ring is 1. The Bertz CT molecular complexity index is 635. The minimum atomic E-state index is 0.674. The number of benzene rings is 1. The van der Waals surface area contributed by atoms with Crippen LogP contribution in [0, 0.1) is 13.8 Å². The van der Waals surface area contributed by atoms with Crippen LogP contribution in [-0.4, -0.2) is 4.98 Å². The lowest BCUT2D eigenvalue weighted by Gasteiger charge is -2.11. The summed E-state index contributed by atoms with van der Waals surface area (Å²) in [6.45, 7) is 3.98. The van der Waals surface area contributed by atoms with Crippen LogP contribution < -0.4 is 10.5 Å². The zero-order valence-corrected chi connectivity index (χ0v) is 11.4. The largest absolute Gasteiger partial charge is 0.439 e. The number of anilines is 1. The predicted molar refractivity (Wildman–Crippen MR) is 76.7 cm³/mol. The van der Waals surface area contributed by atoms with Gasteiger partial charge in [-0.15, -0.1) is 0 Å². The number of hydrogen-bond acceptors (Lipinski definition) is 3. The van der Waals surface area contributed by atoms with Gasteiger partial charge in [-0.05, 0) is 61.9 Å². The molecule has 0 saturated heterocycles. The lowest BCUT2D eigenvalue weighted by molar-refractivity contribution is 0.457. The molecule has 2 aromatic rings. The van der Waals surface area contributed by atoms with Crippen molar-refractivity contribution in [2.24, 2.45) is 0 Å². The molecule has 0 atom stereocenters. The molecule has 0 unspecified atom stereocenters. The fourth-order valence-electron chi connectivity index (χ4n) is 2.49. The summed E-state index contributed by atoms with van der Waals surface area (Å²) in [6.07, 6.45) is 3.40. The first kappa shape index (κ1) is 12.0. The molecule has 0 fully saturated rings. The number of nitrogens with two attached hydrogens (primary N) is 1. The van der Waals surface area contributed by atoms with Crippen LogP contribution >= 0.6 is 0 Å². The third kappa shape index (κ3) is 2.28. The van der Waals surface area contributed by atoms with Crippen molar-refractivity contribution in [3.63, 3.8) is 0 Å². The zero-order valence-electron chi connectivity index (χ0n) is 11.4. The molecule has 1 heterocycles. The van der Waals surface area contributed by atoms with Gasteiger partial charge in [0.05, 0.1) is 0 Å². The van der Waals surface area contributed by atoms with Gasteiger partial charge in [0, 0.05) is 17.4 Å². The highest BCUT2D eigenvalue weighted by atomic mass is 16.5. The Morgan fingerprint density at radius 1 is 1.11 bits per heavy atom. The number of fused-ring (bicyclic) bond motifs is 1. The second-order valence-electron chi connectivity index (χ2n) is 5.19. The summed E-state index contributed by atoms with van der Waals surface area (Å²) in [4.78, 5) is 4.59. The van der Waals surface area contributed by atoms with E-state index >= 15 is 0 Å². The van der Waals surface area contributed by atoms with Crippen molar-refractivity contribution >= 4 is 5.69 Å². The summed E-state index contributed by atoms with van der Waals surface area (Å²) in [5.74, 6) is 1.50. The van der Waals surface area contributed by atoms with Crippen LogP contribution in [0.5, 0.6) is 11.6 Å². The molecule has 0 amide bonds. The fourth-order valence-corrected chi connectivity index (χ4v) is 2.49. The highest BCUT2D eigenvalue weighted by Crippen LogP contribution is 2.30. The Labute approximate surface area is 113 Å². The van der Waals surface area contributed by atoms with E-state index in [0.717, 1.165) is 35.4 Å². The maximum absolute atomic E-state index is 5.90. The van der Waals surface area contributed by atoms with Gasteiger partial charge in [0.25, 0.3) is 0 Å². The van der Waals surface area contributed by atoms with Crippen molar-refractivity contribution in [2.45, 2.75) is 33.1 Å². The van der Waals surface area contributed by atoms with Gasteiger partial charge in [0.15, 0.2) is 0 Å². The van der Waals surface area contributed by atoms with Crippen LogP contribution in [-0.2, 0) is 12.8 Å². The van der Waals surface area contributed by atoms with E-state index in [1.165, 1.54) is 17.7 Å². The van der Waals surface area contributed by atoms with Gasteiger partial charge < -0.3 is 10.5 Å². The number of hydrogen-bond donors (Lipinski definition) is 1. The van der Waals surface area contributed by atoms with E-state index in [2.05, 4.69) is 11.1 Å². The maximum atomic E-state index is 5.90. The van der Waals surface area contributed by atoms with E-state index in [1.54, 1.807) is 0 Å². The molecule has 3 rings (SSSR count). The molecule has 1 aromatic carbocycles. The Hall–Kier alpha value is -2.03. The van der Waals surface area contributed by atoms with Crippen molar-refractivity contribution < 1.29 is 4.74 Å². The zero-order chi connectivity index (χ0) is 13.4. The number of ether oxygens (including phenoxy) is 1. The highest BCUT2D eigenvalue weighted by Gasteiger charge is 2.13. The third-order valence-corrected chi connectivity index (χ3v) is 3.68. The smallest absolute Gasteiger partial charge is 0.219 e. The second kappa shape index (κ2) is 4.57. The van der Waals surface area contributed by atoms with Crippen molar-refractivity contribution in [1.29, 1.82) is 0 Å². The van der Waals surface area contributed by atoms with E-state index < -0.39 is 0 Å². The van der Waals surface area contributed by atoms with Gasteiger partial charge in [0.1, 0.15) is 5.75 Å². The summed E-state index contributed by atoms with van der Waals surface area (Å²) < 4.78 is 5.90. The summed E-state index contributed by atoms with van der Waals surface area (Å²) in [6, 6.07) is 8.00. The Morgan fingerprint density at radius 3 is 2.79 bits per heavy atom. The second-order valence-corrected chi connectivity index (χ2v) is 5.19. The van der Waals surface area contributed by atoms with Crippen LogP contribution in [0.25, 0.3) is 0 Å². The first-order valence-electron chi connectivity index (χ1n) is 6.67. The molecule has 19 heavy (non-hydrogen) atoms. The lowest BCUT2D eigenvalue weighted by atomic mass is 10.1. The molecule has 98 valence electrons. The lowest BCUT2D eigenvalue weighted by Crippen LogP contribution is -1.97. The molecule has 0 saturated carbocycles. The van der Waals surface area contributed by atoms with Crippen LogP contribution in [0.15, 0.2) is 24.3 Å². The Balaban J connectivity index is 1.91. The summed E-state index contributed by atoms with van der Waals surface area (Å²) in [5, 5.41) is 0. The average Bonchev–Trinajstić information content (AvgIpc) is 2.83. The molecular weight excluding hydrogens is 236 g/mol. The quantitative estimate of drug-likeness (QED) is 0.833. The van der Waals surface area contributed by atoms with Crippen LogP contribution in [0.2, 0.25) is 0 Å². The summed E-state index contributed by atoms with van der Waals surface area (Å²) >= 11 is 0. The van der Waals surface area contributed by atoms with E-state index in [0.29, 0.717) is 5.88 Å². The minimum Gasteiger partial charge on any atom is -0.439 e. The van der Waals surface area contributed by atoms with Crippen LogP contribution in [0.3, 0.4) is 0 Å². The van der Waals surface area contributed by atoms with Crippen molar-refractivity contribution in [1.82, 2.24) is 4.98 Å². The van der Waals surface area contributed by atoms with Crippen LogP contribution in [0.4, 0.5) is 5.69 Å². The van der Waals surface area contributed by atoms with Gasteiger partial charge in [-0.2, -0.15) is 0 Å². The van der Waals surface area contributed by atoms with E-state index in [1.807, 2.05) is 32.0 Å². The molecule has 0 radical (unpaired) electrons. The van der Waals surface area contributed by atoms with Gasteiger partial charge in [-0.25, -0.2) is 4.98 Å². The summed E-state index contributed by atoms with van der Waals surface area (Å²) in [7, 11) is 0. The SMILES string of the molecule is Cc1cc(Oc2ccc3c(n2)CCC3)c(C)cc1N. The molecule has 1 aromatic heterocycles. The predicted octanol–water partition coefficient (Wildman–Crippen LogP) is 3.56. The number of rotatable bonds is 2. The van der Waals surface area contributed by atoms with Gasteiger partial charge in [-0.3, -0.25) is 0 Å². The fraction of sp³-hybridized carbons (Fsp3) is 0.312. The van der Waals surface area contributed by atoms with Gasteiger partial charge >= 0.3 is 0 Å². The molecule has 1 aliphatic carbocycles. The normalized spacial score (nSPS) is 13.4. The van der Waals surface area contributed by atoms with Gasteiger partial charge in [-0.1, -0.05) is 6.07 Å². The Morgan fingerprint density at radius 2 is 1.95 bits per heavy atom. The number of aromatic nitrogens is 1. The molecule has 0 aliphatic heterocycles. The molecule has 2 N–H and O–H groups in total. The molecule has 3 heteroatoms. The first-order valence-corrected chi connectivity index (χ1v) is 6.67. The van der Waals surface area contributed by atoms with Gasteiger partial charge in [0.2, 0.25) is 5.88 Å². The molecule has 0 spiro atoms. The molecule has 0 bridgehead atoms. The molecular formula is C16H18N2O.